The van der Waals surface area contributed by atoms with Crippen molar-refractivity contribution in [1.29, 1.82) is 0 Å². The lowest BCUT2D eigenvalue weighted by Crippen LogP contribution is -2.48. The van der Waals surface area contributed by atoms with Gasteiger partial charge in [-0.15, -0.1) is 0 Å². The topological polar surface area (TPSA) is 88.2 Å². The van der Waals surface area contributed by atoms with Crippen molar-refractivity contribution in [3.05, 3.63) is 60.3 Å². The van der Waals surface area contributed by atoms with Gasteiger partial charge in [-0.25, -0.2) is 0 Å². The lowest BCUT2D eigenvalue weighted by molar-refractivity contribution is 0.0569. The molecule has 7 nitrogen and oxygen atoms in total. The van der Waals surface area contributed by atoms with Crippen molar-refractivity contribution in [3.8, 4) is 11.6 Å². The van der Waals surface area contributed by atoms with Crippen LogP contribution in [0, 0.1) is 0 Å². The molecule has 4 aromatic rings. The van der Waals surface area contributed by atoms with Crippen LogP contribution in [-0.2, 0) is 0 Å². The first-order valence-corrected chi connectivity index (χ1v) is 8.02. The maximum Gasteiger partial charge on any atom is 0.253 e. The number of rotatable bonds is 3. The van der Waals surface area contributed by atoms with E-state index >= 15 is 0 Å². The summed E-state index contributed by atoms with van der Waals surface area (Å²) in [7, 11) is 0. The Morgan fingerprint density at radius 3 is 3.00 bits per heavy atom. The molecule has 0 atom stereocenters. The van der Waals surface area contributed by atoms with Crippen LogP contribution < -0.4 is 0 Å². The van der Waals surface area contributed by atoms with Crippen LogP contribution in [0.4, 0.5) is 0 Å². The molecule has 1 amide bonds. The zero-order chi connectivity index (χ0) is 16.8. The van der Waals surface area contributed by atoms with Gasteiger partial charge in [0.2, 0.25) is 11.7 Å². The Labute approximate surface area is 142 Å². The van der Waals surface area contributed by atoms with Gasteiger partial charge in [-0.2, -0.15) is 4.98 Å². The summed E-state index contributed by atoms with van der Waals surface area (Å²) in [6.45, 7) is 1.14. The number of aromatic amines is 1. The van der Waals surface area contributed by atoms with Crippen LogP contribution in [0.2, 0.25) is 0 Å². The molecule has 0 unspecified atom stereocenters. The van der Waals surface area contributed by atoms with Crippen molar-refractivity contribution in [1.82, 2.24) is 20.0 Å². The first kappa shape index (κ1) is 14.0. The number of carbonyl (C=O) groups is 1. The fraction of sp³-hybridized carbons (Fsp3) is 0.167. The molecule has 1 aromatic carbocycles. The summed E-state index contributed by atoms with van der Waals surface area (Å²) in [5, 5.41) is 5.02. The molecule has 1 aliphatic heterocycles. The van der Waals surface area contributed by atoms with Crippen molar-refractivity contribution in [2.24, 2.45) is 0 Å². The van der Waals surface area contributed by atoms with Crippen LogP contribution in [-0.4, -0.2) is 39.0 Å². The van der Waals surface area contributed by atoms with Gasteiger partial charge in [-0.3, -0.25) is 4.79 Å². The van der Waals surface area contributed by atoms with Crippen LogP contribution in [0.15, 0.2) is 57.8 Å². The number of H-pyrrole nitrogens is 1. The summed E-state index contributed by atoms with van der Waals surface area (Å²) in [5.74, 6) is 1.62. The Hall–Kier alpha value is -3.35. The monoisotopic (exact) mass is 334 g/mol. The number of benzene rings is 1. The summed E-state index contributed by atoms with van der Waals surface area (Å²) in [5.41, 5.74) is 1.64. The van der Waals surface area contributed by atoms with E-state index in [1.165, 1.54) is 0 Å². The number of hydrogen-bond acceptors (Lipinski definition) is 5. The van der Waals surface area contributed by atoms with Gasteiger partial charge in [0.25, 0.3) is 5.91 Å². The first-order valence-electron chi connectivity index (χ1n) is 8.02. The van der Waals surface area contributed by atoms with Gasteiger partial charge in [0.05, 0.1) is 12.2 Å². The number of furan rings is 1. The summed E-state index contributed by atoms with van der Waals surface area (Å²) in [6.07, 6.45) is 3.43. The minimum Gasteiger partial charge on any atom is -0.461 e. The van der Waals surface area contributed by atoms with Gasteiger partial charge >= 0.3 is 0 Å². The average Bonchev–Trinajstić information content (AvgIpc) is 3.33. The van der Waals surface area contributed by atoms with Gasteiger partial charge in [0.1, 0.15) is 0 Å². The van der Waals surface area contributed by atoms with Gasteiger partial charge in [0.15, 0.2) is 5.76 Å². The van der Waals surface area contributed by atoms with Gasteiger partial charge < -0.3 is 18.8 Å². The third-order valence-corrected chi connectivity index (χ3v) is 4.50. The lowest BCUT2D eigenvalue weighted by atomic mass is 9.98. The van der Waals surface area contributed by atoms with E-state index in [9.17, 15) is 4.79 Å². The second kappa shape index (κ2) is 5.34. The molecule has 25 heavy (non-hydrogen) atoms. The molecule has 0 radical (unpaired) electrons. The van der Waals surface area contributed by atoms with Crippen molar-refractivity contribution in [2.75, 3.05) is 13.1 Å². The minimum absolute atomic E-state index is 0.0125. The molecule has 4 heterocycles. The molecule has 0 saturated carbocycles. The highest BCUT2D eigenvalue weighted by Gasteiger charge is 2.36. The van der Waals surface area contributed by atoms with E-state index in [0.29, 0.717) is 36.1 Å². The summed E-state index contributed by atoms with van der Waals surface area (Å²) < 4.78 is 10.6. The van der Waals surface area contributed by atoms with E-state index in [0.717, 1.165) is 10.9 Å². The highest BCUT2D eigenvalue weighted by atomic mass is 16.5. The second-order valence-corrected chi connectivity index (χ2v) is 6.12. The Morgan fingerprint density at radius 2 is 2.16 bits per heavy atom. The van der Waals surface area contributed by atoms with E-state index in [1.54, 1.807) is 23.3 Å². The minimum atomic E-state index is 0.0125. The van der Waals surface area contributed by atoms with Crippen LogP contribution in [0.25, 0.3) is 22.5 Å². The number of aromatic nitrogens is 3. The molecule has 124 valence electrons. The number of nitrogens with zero attached hydrogens (tertiary/aromatic N) is 3. The maximum absolute atomic E-state index is 12.6. The SMILES string of the molecule is O=C(c1ccc2cc[nH]c2c1)N1CC(c2nc(-c3ccco3)no2)C1. The predicted molar refractivity (Wildman–Crippen MR) is 88.9 cm³/mol. The van der Waals surface area contributed by atoms with Crippen molar-refractivity contribution in [3.63, 3.8) is 0 Å². The zero-order valence-corrected chi connectivity index (χ0v) is 13.2. The molecule has 7 heteroatoms. The zero-order valence-electron chi connectivity index (χ0n) is 13.2. The molecule has 1 aliphatic rings. The highest BCUT2D eigenvalue weighted by Crippen LogP contribution is 2.29. The standard InChI is InChI=1S/C18H14N4O3/c23-18(12-4-3-11-5-6-19-14(11)8-12)22-9-13(10-22)17-20-16(21-25-17)15-2-1-7-24-15/h1-8,13,19H,9-10H2. The molecular weight excluding hydrogens is 320 g/mol. The Bertz CT molecular complexity index is 1040. The molecule has 0 spiro atoms. The molecule has 1 N–H and O–H groups in total. The first-order chi connectivity index (χ1) is 12.3. The lowest BCUT2D eigenvalue weighted by Gasteiger charge is -2.37. The maximum atomic E-state index is 12.6. The Morgan fingerprint density at radius 1 is 1.24 bits per heavy atom. The van der Waals surface area contributed by atoms with Gasteiger partial charge in [-0.1, -0.05) is 11.2 Å². The van der Waals surface area contributed by atoms with Crippen molar-refractivity contribution < 1.29 is 13.7 Å². The molecular formula is C18H14N4O3. The smallest absolute Gasteiger partial charge is 0.253 e. The number of amides is 1. The van der Waals surface area contributed by atoms with Crippen LogP contribution in [0.1, 0.15) is 22.2 Å². The normalized spacial score (nSPS) is 14.8. The largest absolute Gasteiger partial charge is 0.461 e. The average molecular weight is 334 g/mol. The third-order valence-electron chi connectivity index (χ3n) is 4.50. The number of likely N-dealkylation sites (tertiary alicyclic amines) is 1. The number of fused-ring (bicyclic) bond motifs is 1. The number of hydrogen-bond donors (Lipinski definition) is 1. The summed E-state index contributed by atoms with van der Waals surface area (Å²) >= 11 is 0. The van der Waals surface area contributed by atoms with Crippen molar-refractivity contribution >= 4 is 16.8 Å². The molecule has 3 aromatic heterocycles. The van der Waals surface area contributed by atoms with Crippen molar-refractivity contribution in [2.45, 2.75) is 5.92 Å². The third kappa shape index (κ3) is 2.32. The van der Waals surface area contributed by atoms with Crippen LogP contribution in [0.3, 0.4) is 0 Å². The highest BCUT2D eigenvalue weighted by molar-refractivity contribution is 5.98. The fourth-order valence-electron chi connectivity index (χ4n) is 3.07. The van der Waals surface area contributed by atoms with E-state index in [2.05, 4.69) is 15.1 Å². The summed E-state index contributed by atoms with van der Waals surface area (Å²) in [6, 6.07) is 11.2. The molecule has 1 saturated heterocycles. The molecule has 0 aliphatic carbocycles. The van der Waals surface area contributed by atoms with Gasteiger partial charge in [-0.05, 0) is 35.7 Å². The van der Waals surface area contributed by atoms with E-state index in [4.69, 9.17) is 8.94 Å². The number of carbonyl (C=O) groups excluding carboxylic acids is 1. The van der Waals surface area contributed by atoms with Crippen LogP contribution in [0.5, 0.6) is 0 Å². The van der Waals surface area contributed by atoms with E-state index in [-0.39, 0.29) is 11.8 Å². The van der Waals surface area contributed by atoms with Gasteiger partial charge in [0, 0.05) is 30.4 Å². The molecule has 1 fully saturated rings. The second-order valence-electron chi connectivity index (χ2n) is 6.12. The fourth-order valence-corrected chi connectivity index (χ4v) is 3.07. The Balaban J connectivity index is 1.29. The van der Waals surface area contributed by atoms with E-state index < -0.39 is 0 Å². The molecule has 5 rings (SSSR count). The van der Waals surface area contributed by atoms with E-state index in [1.807, 2.05) is 30.5 Å². The predicted octanol–water partition coefficient (Wildman–Crippen LogP) is 3.05. The Kier molecular flexibility index (Phi) is 3.00. The van der Waals surface area contributed by atoms with Crippen LogP contribution >= 0.6 is 0 Å². The summed E-state index contributed by atoms with van der Waals surface area (Å²) in [4.78, 5) is 21.9. The molecule has 0 bridgehead atoms. The quantitative estimate of drug-likeness (QED) is 0.622. The number of nitrogens with one attached hydrogen (secondary N) is 1.